The molecular formula is C24H18FNO5. The van der Waals surface area contributed by atoms with Gasteiger partial charge in [-0.2, -0.15) is 0 Å². The number of amides is 1. The van der Waals surface area contributed by atoms with Crippen molar-refractivity contribution in [2.45, 2.75) is 6.04 Å². The summed E-state index contributed by atoms with van der Waals surface area (Å²) in [4.78, 5) is 27.1. The van der Waals surface area contributed by atoms with E-state index in [1.165, 1.54) is 43.5 Å². The third-order valence-electron chi connectivity index (χ3n) is 5.13. The Bertz CT molecular complexity index is 1190. The first-order valence-corrected chi connectivity index (χ1v) is 9.41. The fourth-order valence-electron chi connectivity index (χ4n) is 3.61. The van der Waals surface area contributed by atoms with E-state index >= 15 is 0 Å². The second-order valence-corrected chi connectivity index (χ2v) is 6.94. The van der Waals surface area contributed by atoms with Crippen molar-refractivity contribution in [3.05, 3.63) is 95.3 Å². The summed E-state index contributed by atoms with van der Waals surface area (Å²) >= 11 is 0. The first-order chi connectivity index (χ1) is 14.9. The molecule has 0 saturated carbocycles. The SMILES string of the molecule is COc1ccc(/C(O)=C2\C(=O)C(=O)N(c3ccccc3O)C2c2ccc(F)cc2)cc1. The Morgan fingerprint density at radius 2 is 1.61 bits per heavy atom. The number of benzene rings is 3. The number of aliphatic hydroxyl groups excluding tert-OH is 1. The number of carbonyl (C=O) groups is 2. The van der Waals surface area contributed by atoms with Crippen LogP contribution >= 0.6 is 0 Å². The van der Waals surface area contributed by atoms with E-state index in [1.54, 1.807) is 36.4 Å². The zero-order valence-corrected chi connectivity index (χ0v) is 16.4. The molecule has 2 N–H and O–H groups in total. The van der Waals surface area contributed by atoms with Crippen LogP contribution in [-0.4, -0.2) is 29.0 Å². The highest BCUT2D eigenvalue weighted by Gasteiger charge is 2.47. The van der Waals surface area contributed by atoms with Gasteiger partial charge in [0.05, 0.1) is 24.4 Å². The highest BCUT2D eigenvalue weighted by Crippen LogP contribution is 2.44. The second kappa shape index (κ2) is 7.95. The molecule has 3 aromatic rings. The lowest BCUT2D eigenvalue weighted by Crippen LogP contribution is -2.29. The van der Waals surface area contributed by atoms with E-state index in [0.717, 1.165) is 4.90 Å². The summed E-state index contributed by atoms with van der Waals surface area (Å²) in [6.07, 6.45) is 0. The van der Waals surface area contributed by atoms with E-state index in [1.807, 2.05) is 0 Å². The zero-order chi connectivity index (χ0) is 22.1. The molecule has 6 nitrogen and oxygen atoms in total. The number of nitrogens with zero attached hydrogens (tertiary/aromatic N) is 1. The maximum absolute atomic E-state index is 13.5. The molecule has 31 heavy (non-hydrogen) atoms. The molecule has 0 bridgehead atoms. The number of anilines is 1. The number of halogens is 1. The summed E-state index contributed by atoms with van der Waals surface area (Å²) in [5.74, 6) is -2.34. The average molecular weight is 419 g/mol. The standard InChI is InChI=1S/C24H18FNO5/c1-31-17-12-8-15(9-13-17)22(28)20-21(14-6-10-16(25)11-7-14)26(24(30)23(20)29)18-4-2-3-5-19(18)27/h2-13,21,27-28H,1H3/b22-20+. The van der Waals surface area contributed by atoms with E-state index in [4.69, 9.17) is 4.74 Å². The number of ketones is 1. The minimum atomic E-state index is -1.06. The Morgan fingerprint density at radius 3 is 2.23 bits per heavy atom. The monoisotopic (exact) mass is 419 g/mol. The first-order valence-electron chi connectivity index (χ1n) is 9.41. The van der Waals surface area contributed by atoms with Gasteiger partial charge in [0.15, 0.2) is 0 Å². The normalized spacial score (nSPS) is 17.7. The molecule has 1 aliphatic rings. The molecule has 156 valence electrons. The number of methoxy groups -OCH3 is 1. The van der Waals surface area contributed by atoms with Crippen molar-refractivity contribution in [1.82, 2.24) is 0 Å². The van der Waals surface area contributed by atoms with Gasteiger partial charge in [0, 0.05) is 5.56 Å². The number of carbonyl (C=O) groups excluding carboxylic acids is 2. The largest absolute Gasteiger partial charge is 0.507 e. The maximum atomic E-state index is 13.5. The van der Waals surface area contributed by atoms with Gasteiger partial charge in [-0.25, -0.2) is 4.39 Å². The van der Waals surface area contributed by atoms with Crippen molar-refractivity contribution in [3.8, 4) is 11.5 Å². The highest BCUT2D eigenvalue weighted by atomic mass is 19.1. The van der Waals surface area contributed by atoms with Crippen LogP contribution in [0.4, 0.5) is 10.1 Å². The number of aromatic hydroxyl groups is 1. The van der Waals surface area contributed by atoms with Crippen molar-refractivity contribution >= 4 is 23.1 Å². The molecule has 1 saturated heterocycles. The van der Waals surface area contributed by atoms with Crippen LogP contribution in [0.5, 0.6) is 11.5 Å². The van der Waals surface area contributed by atoms with E-state index < -0.39 is 23.5 Å². The summed E-state index contributed by atoms with van der Waals surface area (Å²) < 4.78 is 18.7. The van der Waals surface area contributed by atoms with Crippen LogP contribution < -0.4 is 9.64 Å². The third-order valence-corrected chi connectivity index (χ3v) is 5.13. The number of aliphatic hydroxyl groups is 1. The molecule has 1 aliphatic heterocycles. The maximum Gasteiger partial charge on any atom is 0.300 e. The molecule has 0 aliphatic carbocycles. The lowest BCUT2D eigenvalue weighted by atomic mass is 9.95. The Labute approximate surface area is 177 Å². The minimum absolute atomic E-state index is 0.104. The van der Waals surface area contributed by atoms with Gasteiger partial charge in [0.25, 0.3) is 11.7 Å². The first kappa shape index (κ1) is 20.2. The summed E-state index contributed by atoms with van der Waals surface area (Å²) in [5.41, 5.74) is 0.653. The molecule has 1 unspecified atom stereocenters. The van der Waals surface area contributed by atoms with Crippen LogP contribution in [0.1, 0.15) is 17.2 Å². The lowest BCUT2D eigenvalue weighted by molar-refractivity contribution is -0.132. The zero-order valence-electron chi connectivity index (χ0n) is 16.4. The summed E-state index contributed by atoms with van der Waals surface area (Å²) in [5, 5.41) is 21.3. The van der Waals surface area contributed by atoms with Crippen LogP contribution in [0, 0.1) is 5.82 Å². The number of phenols is 1. The number of para-hydroxylation sites is 2. The van der Waals surface area contributed by atoms with E-state index in [0.29, 0.717) is 16.9 Å². The van der Waals surface area contributed by atoms with Gasteiger partial charge in [-0.3, -0.25) is 14.5 Å². The number of Topliss-reactive ketones (excluding diaryl/α,β-unsaturated/α-hetero) is 1. The topological polar surface area (TPSA) is 87.1 Å². The summed E-state index contributed by atoms with van der Waals surface area (Å²) in [6, 6.07) is 16.6. The molecule has 0 spiro atoms. The Morgan fingerprint density at radius 1 is 0.968 bits per heavy atom. The number of rotatable bonds is 4. The molecule has 4 rings (SSSR count). The third kappa shape index (κ3) is 3.50. The van der Waals surface area contributed by atoms with Gasteiger partial charge in [-0.05, 0) is 54.1 Å². The number of hydrogen-bond donors (Lipinski definition) is 2. The molecule has 0 aromatic heterocycles. The fraction of sp³-hybridized carbons (Fsp3) is 0.0833. The van der Waals surface area contributed by atoms with Crippen molar-refractivity contribution in [1.29, 1.82) is 0 Å². The van der Waals surface area contributed by atoms with E-state index in [2.05, 4.69) is 0 Å². The van der Waals surface area contributed by atoms with Crippen LogP contribution in [0.3, 0.4) is 0 Å². The molecule has 7 heteroatoms. The van der Waals surface area contributed by atoms with Crippen molar-refractivity contribution in [2.75, 3.05) is 12.0 Å². The fourth-order valence-corrected chi connectivity index (χ4v) is 3.61. The minimum Gasteiger partial charge on any atom is -0.507 e. The molecule has 1 fully saturated rings. The van der Waals surface area contributed by atoms with Crippen molar-refractivity contribution < 1.29 is 28.9 Å². The lowest BCUT2D eigenvalue weighted by Gasteiger charge is -2.26. The van der Waals surface area contributed by atoms with E-state index in [-0.39, 0.29) is 22.8 Å². The average Bonchev–Trinajstić information content (AvgIpc) is 3.05. The number of ether oxygens (including phenoxy) is 1. The van der Waals surface area contributed by atoms with Gasteiger partial charge >= 0.3 is 0 Å². The Kier molecular flexibility index (Phi) is 5.17. The van der Waals surface area contributed by atoms with Crippen molar-refractivity contribution in [2.24, 2.45) is 0 Å². The molecule has 1 amide bonds. The quantitative estimate of drug-likeness (QED) is 0.377. The van der Waals surface area contributed by atoms with Crippen LogP contribution in [0.2, 0.25) is 0 Å². The van der Waals surface area contributed by atoms with Crippen LogP contribution in [-0.2, 0) is 9.59 Å². The summed E-state index contributed by atoms with van der Waals surface area (Å²) in [7, 11) is 1.50. The molecular weight excluding hydrogens is 401 g/mol. The van der Waals surface area contributed by atoms with Gasteiger partial charge in [-0.1, -0.05) is 24.3 Å². The second-order valence-electron chi connectivity index (χ2n) is 6.94. The van der Waals surface area contributed by atoms with Gasteiger partial charge in [-0.15, -0.1) is 0 Å². The molecule has 3 aromatic carbocycles. The molecule has 1 atom stereocenters. The highest BCUT2D eigenvalue weighted by molar-refractivity contribution is 6.51. The molecule has 0 radical (unpaired) electrons. The van der Waals surface area contributed by atoms with Crippen molar-refractivity contribution in [3.63, 3.8) is 0 Å². The Balaban J connectivity index is 1.94. The van der Waals surface area contributed by atoms with Gasteiger partial charge in [0.2, 0.25) is 0 Å². The smallest absolute Gasteiger partial charge is 0.300 e. The number of hydrogen-bond acceptors (Lipinski definition) is 5. The predicted molar refractivity (Wildman–Crippen MR) is 112 cm³/mol. The number of phenolic OH excluding ortho intramolecular Hbond substituents is 1. The summed E-state index contributed by atoms with van der Waals surface area (Å²) in [6.45, 7) is 0. The van der Waals surface area contributed by atoms with Gasteiger partial charge in [0.1, 0.15) is 23.1 Å². The Hall–Kier alpha value is -4.13. The van der Waals surface area contributed by atoms with Crippen LogP contribution in [0.25, 0.3) is 5.76 Å². The van der Waals surface area contributed by atoms with Gasteiger partial charge < -0.3 is 14.9 Å². The molecule has 1 heterocycles. The predicted octanol–water partition coefficient (Wildman–Crippen LogP) is 4.17. The van der Waals surface area contributed by atoms with Crippen LogP contribution in [0.15, 0.2) is 78.4 Å². The van der Waals surface area contributed by atoms with E-state index in [9.17, 15) is 24.2 Å².